The minimum absolute atomic E-state index is 0.622. The van der Waals surface area contributed by atoms with Crippen LogP contribution in [-0.4, -0.2) is 10.1 Å². The summed E-state index contributed by atoms with van der Waals surface area (Å²) in [6.07, 6.45) is 5.78. The molecule has 1 aliphatic rings. The molecule has 0 unspecified atom stereocenters. The molecule has 2 aromatic rings. The second kappa shape index (κ2) is 3.56. The molecule has 1 aliphatic carbocycles. The summed E-state index contributed by atoms with van der Waals surface area (Å²) < 4.78 is 0. The van der Waals surface area contributed by atoms with E-state index in [1.54, 1.807) is 6.20 Å². The third-order valence-corrected chi connectivity index (χ3v) is 3.58. The highest BCUT2D eigenvalue weighted by Gasteiger charge is 2.34. The predicted octanol–water partition coefficient (Wildman–Crippen LogP) is 3.00. The average Bonchev–Trinajstić information content (AvgIpc) is 2.77. The topological polar surface area (TPSA) is 33.1 Å². The highest BCUT2D eigenvalue weighted by atomic mass is 16.3. The van der Waals surface area contributed by atoms with Crippen LogP contribution < -0.4 is 0 Å². The summed E-state index contributed by atoms with van der Waals surface area (Å²) in [4.78, 5) is 4.33. The lowest BCUT2D eigenvalue weighted by Gasteiger charge is -2.24. The molecule has 82 valence electrons. The first-order chi connectivity index (χ1) is 7.80. The molecule has 0 saturated heterocycles. The van der Waals surface area contributed by atoms with Gasteiger partial charge in [0.15, 0.2) is 0 Å². The zero-order valence-electron chi connectivity index (χ0n) is 9.19. The quantitative estimate of drug-likeness (QED) is 0.790. The molecule has 0 atom stereocenters. The van der Waals surface area contributed by atoms with Crippen molar-refractivity contribution in [1.29, 1.82) is 0 Å². The number of nitrogens with zero attached hydrogens (tertiary/aromatic N) is 1. The van der Waals surface area contributed by atoms with Crippen LogP contribution in [0.3, 0.4) is 0 Å². The maximum Gasteiger partial charge on any atom is 0.0903 e. The van der Waals surface area contributed by atoms with Crippen molar-refractivity contribution < 1.29 is 5.11 Å². The molecule has 1 fully saturated rings. The number of rotatable bonds is 1. The number of benzene rings is 1. The minimum Gasteiger partial charge on any atom is -0.385 e. The van der Waals surface area contributed by atoms with Crippen molar-refractivity contribution in [3.8, 4) is 0 Å². The van der Waals surface area contributed by atoms with E-state index in [2.05, 4.69) is 4.98 Å². The SMILES string of the molecule is OC1(c2cccc3ncccc23)CCCC1. The number of hydrogen-bond acceptors (Lipinski definition) is 2. The summed E-state index contributed by atoms with van der Waals surface area (Å²) in [6, 6.07) is 10.0. The highest BCUT2D eigenvalue weighted by Crippen LogP contribution is 2.40. The Bertz CT molecular complexity index is 510. The minimum atomic E-state index is -0.622. The fraction of sp³-hybridized carbons (Fsp3) is 0.357. The van der Waals surface area contributed by atoms with Gasteiger partial charge in [-0.1, -0.05) is 31.0 Å². The van der Waals surface area contributed by atoms with Crippen molar-refractivity contribution in [2.75, 3.05) is 0 Å². The van der Waals surface area contributed by atoms with E-state index in [9.17, 15) is 5.11 Å². The van der Waals surface area contributed by atoms with Crippen LogP contribution in [0.4, 0.5) is 0 Å². The van der Waals surface area contributed by atoms with Crippen LogP contribution in [0.25, 0.3) is 10.9 Å². The van der Waals surface area contributed by atoms with Gasteiger partial charge in [0.25, 0.3) is 0 Å². The van der Waals surface area contributed by atoms with Crippen LogP contribution in [0.15, 0.2) is 36.5 Å². The smallest absolute Gasteiger partial charge is 0.0903 e. The number of aliphatic hydroxyl groups is 1. The normalized spacial score (nSPS) is 19.1. The van der Waals surface area contributed by atoms with Crippen molar-refractivity contribution in [2.24, 2.45) is 0 Å². The number of pyridine rings is 1. The molecule has 1 N–H and O–H groups in total. The lowest BCUT2D eigenvalue weighted by Crippen LogP contribution is -2.21. The molecule has 1 aromatic heterocycles. The van der Waals surface area contributed by atoms with Crippen LogP contribution in [0.5, 0.6) is 0 Å². The van der Waals surface area contributed by atoms with Gasteiger partial charge in [0.05, 0.1) is 11.1 Å². The largest absolute Gasteiger partial charge is 0.385 e. The van der Waals surface area contributed by atoms with E-state index < -0.39 is 5.60 Å². The summed E-state index contributed by atoms with van der Waals surface area (Å²) >= 11 is 0. The van der Waals surface area contributed by atoms with Gasteiger partial charge in [-0.3, -0.25) is 4.98 Å². The van der Waals surface area contributed by atoms with E-state index in [1.807, 2.05) is 30.3 Å². The maximum atomic E-state index is 10.6. The first kappa shape index (κ1) is 9.79. The first-order valence-corrected chi connectivity index (χ1v) is 5.86. The average molecular weight is 213 g/mol. The van der Waals surface area contributed by atoms with Crippen LogP contribution >= 0.6 is 0 Å². The molecule has 0 amide bonds. The zero-order chi connectivity index (χ0) is 11.0. The standard InChI is InChI=1S/C14H15NO/c16-14(8-1-2-9-14)12-6-3-7-13-11(12)5-4-10-15-13/h3-7,10,16H,1-2,8-9H2. The van der Waals surface area contributed by atoms with E-state index in [-0.39, 0.29) is 0 Å². The van der Waals surface area contributed by atoms with Crippen molar-refractivity contribution in [1.82, 2.24) is 4.98 Å². The summed E-state index contributed by atoms with van der Waals surface area (Å²) in [5.41, 5.74) is 1.40. The third-order valence-electron chi connectivity index (χ3n) is 3.58. The van der Waals surface area contributed by atoms with E-state index in [1.165, 1.54) is 0 Å². The van der Waals surface area contributed by atoms with Crippen molar-refractivity contribution in [2.45, 2.75) is 31.3 Å². The van der Waals surface area contributed by atoms with Crippen LogP contribution in [0, 0.1) is 0 Å². The fourth-order valence-corrected chi connectivity index (χ4v) is 2.74. The van der Waals surface area contributed by atoms with E-state index in [0.29, 0.717) is 0 Å². The summed E-state index contributed by atoms with van der Waals surface area (Å²) in [7, 11) is 0. The molecule has 1 saturated carbocycles. The highest BCUT2D eigenvalue weighted by molar-refractivity contribution is 5.82. The molecule has 0 aliphatic heterocycles. The van der Waals surface area contributed by atoms with Gasteiger partial charge in [-0.25, -0.2) is 0 Å². The maximum absolute atomic E-state index is 10.6. The summed E-state index contributed by atoms with van der Waals surface area (Å²) in [6.45, 7) is 0. The second-order valence-corrected chi connectivity index (χ2v) is 4.61. The molecular formula is C14H15NO. The number of fused-ring (bicyclic) bond motifs is 1. The van der Waals surface area contributed by atoms with Crippen molar-refractivity contribution in [3.63, 3.8) is 0 Å². The van der Waals surface area contributed by atoms with Crippen molar-refractivity contribution >= 4 is 10.9 Å². The lowest BCUT2D eigenvalue weighted by atomic mass is 9.89. The van der Waals surface area contributed by atoms with Gasteiger partial charge < -0.3 is 5.11 Å². The number of aromatic nitrogens is 1. The molecular weight excluding hydrogens is 198 g/mol. The Morgan fingerprint density at radius 2 is 1.88 bits per heavy atom. The Kier molecular flexibility index (Phi) is 2.18. The Balaban J connectivity index is 2.23. The van der Waals surface area contributed by atoms with Crippen LogP contribution in [0.2, 0.25) is 0 Å². The van der Waals surface area contributed by atoms with E-state index >= 15 is 0 Å². The molecule has 16 heavy (non-hydrogen) atoms. The van der Waals surface area contributed by atoms with Crippen LogP contribution in [-0.2, 0) is 5.60 Å². The number of hydrogen-bond donors (Lipinski definition) is 1. The lowest BCUT2D eigenvalue weighted by molar-refractivity contribution is 0.0460. The van der Waals surface area contributed by atoms with E-state index in [0.717, 1.165) is 42.1 Å². The molecule has 0 spiro atoms. The molecule has 0 bridgehead atoms. The Labute approximate surface area is 94.9 Å². The summed E-state index contributed by atoms with van der Waals surface area (Å²) in [5, 5.41) is 11.7. The molecule has 3 rings (SSSR count). The van der Waals surface area contributed by atoms with Gasteiger partial charge in [-0.05, 0) is 30.5 Å². The van der Waals surface area contributed by atoms with Gasteiger partial charge >= 0.3 is 0 Å². The summed E-state index contributed by atoms with van der Waals surface area (Å²) in [5.74, 6) is 0. The zero-order valence-corrected chi connectivity index (χ0v) is 9.19. The van der Waals surface area contributed by atoms with Gasteiger partial charge in [0.2, 0.25) is 0 Å². The van der Waals surface area contributed by atoms with Gasteiger partial charge in [0.1, 0.15) is 0 Å². The molecule has 1 aromatic carbocycles. The van der Waals surface area contributed by atoms with Gasteiger partial charge in [-0.2, -0.15) is 0 Å². The van der Waals surface area contributed by atoms with E-state index in [4.69, 9.17) is 0 Å². The Morgan fingerprint density at radius 3 is 2.69 bits per heavy atom. The predicted molar refractivity (Wildman–Crippen MR) is 64.1 cm³/mol. The van der Waals surface area contributed by atoms with Crippen LogP contribution in [0.1, 0.15) is 31.2 Å². The molecule has 2 nitrogen and oxygen atoms in total. The van der Waals surface area contributed by atoms with Crippen molar-refractivity contribution in [3.05, 3.63) is 42.1 Å². The molecule has 0 radical (unpaired) electrons. The van der Waals surface area contributed by atoms with Gasteiger partial charge in [-0.15, -0.1) is 0 Å². The first-order valence-electron chi connectivity index (χ1n) is 5.86. The fourth-order valence-electron chi connectivity index (χ4n) is 2.74. The van der Waals surface area contributed by atoms with Gasteiger partial charge in [0, 0.05) is 11.6 Å². The monoisotopic (exact) mass is 213 g/mol. The molecule has 2 heteroatoms. The second-order valence-electron chi connectivity index (χ2n) is 4.61. The Morgan fingerprint density at radius 1 is 1.06 bits per heavy atom. The Hall–Kier alpha value is -1.41. The third kappa shape index (κ3) is 1.41. The molecule has 1 heterocycles.